The zero-order valence-corrected chi connectivity index (χ0v) is 19.2. The highest BCUT2D eigenvalue weighted by Crippen LogP contribution is 2.32. The van der Waals surface area contributed by atoms with Gasteiger partial charge in [0, 0.05) is 5.56 Å². The van der Waals surface area contributed by atoms with Gasteiger partial charge in [-0.05, 0) is 67.9 Å². The predicted octanol–water partition coefficient (Wildman–Crippen LogP) is 5.19. The lowest BCUT2D eigenvalue weighted by molar-refractivity contribution is -0.118. The first-order chi connectivity index (χ1) is 16.5. The van der Waals surface area contributed by atoms with Crippen molar-refractivity contribution >= 4 is 22.6 Å². The average Bonchev–Trinajstić information content (AvgIpc) is 2.84. The van der Waals surface area contributed by atoms with Gasteiger partial charge in [0.15, 0.2) is 12.4 Å². The molecule has 1 aromatic heterocycles. The van der Waals surface area contributed by atoms with Crippen LogP contribution >= 0.6 is 0 Å². The fourth-order valence-corrected chi connectivity index (χ4v) is 3.52. The summed E-state index contributed by atoms with van der Waals surface area (Å²) in [6, 6.07) is 19.5. The molecule has 1 heterocycles. The molecule has 0 saturated heterocycles. The van der Waals surface area contributed by atoms with Crippen LogP contribution in [0.4, 0.5) is 5.69 Å². The normalized spacial score (nSPS) is 10.7. The molecule has 1 amide bonds. The van der Waals surface area contributed by atoms with Crippen LogP contribution in [0.25, 0.3) is 22.3 Å². The minimum Gasteiger partial charge on any atom is -0.497 e. The Bertz CT molecular complexity index is 1370. The molecular weight excluding hydrogens is 434 g/mol. The molecule has 7 heteroatoms. The number of rotatable bonds is 8. The van der Waals surface area contributed by atoms with Gasteiger partial charge in [0.2, 0.25) is 11.2 Å². The van der Waals surface area contributed by atoms with Gasteiger partial charge in [0.25, 0.3) is 5.91 Å². The third kappa shape index (κ3) is 4.88. The van der Waals surface area contributed by atoms with Gasteiger partial charge < -0.3 is 23.9 Å². The number of nitrogens with one attached hydrogen (secondary N) is 1. The number of fused-ring (bicyclic) bond motifs is 1. The molecule has 0 aliphatic carbocycles. The Hall–Kier alpha value is -4.26. The van der Waals surface area contributed by atoms with Crippen LogP contribution < -0.4 is 25.0 Å². The summed E-state index contributed by atoms with van der Waals surface area (Å²) in [7, 11) is 1.57. The maximum absolute atomic E-state index is 13.3. The number of anilines is 1. The topological polar surface area (TPSA) is 87.0 Å². The lowest BCUT2D eigenvalue weighted by Crippen LogP contribution is -2.23. The Morgan fingerprint density at radius 2 is 1.76 bits per heavy atom. The van der Waals surface area contributed by atoms with Gasteiger partial charge in [-0.1, -0.05) is 18.2 Å². The highest BCUT2D eigenvalue weighted by atomic mass is 16.5. The van der Waals surface area contributed by atoms with Crippen LogP contribution in [-0.4, -0.2) is 26.2 Å². The van der Waals surface area contributed by atoms with Crippen LogP contribution in [0.5, 0.6) is 17.2 Å². The third-order valence-electron chi connectivity index (χ3n) is 5.17. The number of para-hydroxylation sites is 2. The number of benzene rings is 3. The lowest BCUT2D eigenvalue weighted by atomic mass is 10.1. The first-order valence-electron chi connectivity index (χ1n) is 10.9. The van der Waals surface area contributed by atoms with Crippen LogP contribution in [0.2, 0.25) is 0 Å². The molecule has 1 N–H and O–H groups in total. The molecular formula is C27H25NO6. The smallest absolute Gasteiger partial charge is 0.262 e. The molecule has 0 unspecified atom stereocenters. The van der Waals surface area contributed by atoms with Crippen molar-refractivity contribution in [1.82, 2.24) is 0 Å². The zero-order chi connectivity index (χ0) is 24.1. The molecule has 34 heavy (non-hydrogen) atoms. The standard InChI is InChI=1S/C27H25NO6/c1-4-32-22-8-6-5-7-21(22)28-24(29)16-33-27-25(30)20-14-9-17(2)15-23(20)34-26(27)18-10-12-19(31-3)13-11-18/h5-15H,4,16H2,1-3H3,(H,28,29). The van der Waals surface area contributed by atoms with Crippen LogP contribution in [0.3, 0.4) is 0 Å². The van der Waals surface area contributed by atoms with Gasteiger partial charge in [-0.2, -0.15) is 0 Å². The minimum atomic E-state index is -0.434. The Labute approximate surface area is 196 Å². The zero-order valence-electron chi connectivity index (χ0n) is 19.2. The molecule has 0 spiro atoms. The van der Waals surface area contributed by atoms with E-state index in [1.54, 1.807) is 61.7 Å². The van der Waals surface area contributed by atoms with E-state index in [1.165, 1.54) is 0 Å². The lowest BCUT2D eigenvalue weighted by Gasteiger charge is -2.14. The van der Waals surface area contributed by atoms with Crippen molar-refractivity contribution in [2.45, 2.75) is 13.8 Å². The number of methoxy groups -OCH3 is 1. The quantitative estimate of drug-likeness (QED) is 0.390. The van der Waals surface area contributed by atoms with Gasteiger partial charge in [-0.25, -0.2) is 0 Å². The molecule has 0 aliphatic rings. The van der Waals surface area contributed by atoms with Crippen molar-refractivity contribution in [2.75, 3.05) is 25.6 Å². The first-order valence-corrected chi connectivity index (χ1v) is 10.9. The van der Waals surface area contributed by atoms with Crippen molar-refractivity contribution in [3.05, 3.63) is 82.5 Å². The SMILES string of the molecule is CCOc1ccccc1NC(=O)COc1c(-c2ccc(OC)cc2)oc2cc(C)ccc2c1=O. The number of amides is 1. The minimum absolute atomic E-state index is 0.0326. The molecule has 0 radical (unpaired) electrons. The number of carbonyl (C=O) groups excluding carboxylic acids is 1. The molecule has 0 fully saturated rings. The molecule has 0 bridgehead atoms. The summed E-state index contributed by atoms with van der Waals surface area (Å²) < 4.78 is 22.6. The summed E-state index contributed by atoms with van der Waals surface area (Å²) in [4.78, 5) is 26.0. The summed E-state index contributed by atoms with van der Waals surface area (Å²) in [5.41, 5.74) is 2.19. The van der Waals surface area contributed by atoms with Crippen LogP contribution in [-0.2, 0) is 4.79 Å². The number of ether oxygens (including phenoxy) is 3. The van der Waals surface area contributed by atoms with Gasteiger partial charge in [0.1, 0.15) is 17.1 Å². The number of hydrogen-bond donors (Lipinski definition) is 1. The summed E-state index contributed by atoms with van der Waals surface area (Å²) in [5, 5.41) is 3.14. The Morgan fingerprint density at radius 3 is 2.50 bits per heavy atom. The third-order valence-corrected chi connectivity index (χ3v) is 5.17. The van der Waals surface area contributed by atoms with E-state index in [1.807, 2.05) is 26.0 Å². The summed E-state index contributed by atoms with van der Waals surface area (Å²) in [5.74, 6) is 0.995. The second-order valence-corrected chi connectivity index (χ2v) is 7.58. The fourth-order valence-electron chi connectivity index (χ4n) is 3.52. The number of hydrogen-bond acceptors (Lipinski definition) is 6. The van der Waals surface area contributed by atoms with E-state index in [-0.39, 0.29) is 23.5 Å². The maximum Gasteiger partial charge on any atom is 0.262 e. The monoisotopic (exact) mass is 459 g/mol. The highest BCUT2D eigenvalue weighted by molar-refractivity contribution is 5.93. The van der Waals surface area contributed by atoms with E-state index < -0.39 is 5.91 Å². The molecule has 174 valence electrons. The van der Waals surface area contributed by atoms with Crippen molar-refractivity contribution in [2.24, 2.45) is 0 Å². The maximum atomic E-state index is 13.3. The summed E-state index contributed by atoms with van der Waals surface area (Å²) in [6.45, 7) is 3.86. The summed E-state index contributed by atoms with van der Waals surface area (Å²) >= 11 is 0. The Morgan fingerprint density at radius 1 is 1.00 bits per heavy atom. The van der Waals surface area contributed by atoms with Crippen molar-refractivity contribution in [1.29, 1.82) is 0 Å². The van der Waals surface area contributed by atoms with Crippen molar-refractivity contribution in [3.8, 4) is 28.6 Å². The Balaban J connectivity index is 1.67. The van der Waals surface area contributed by atoms with Gasteiger partial charge in [0.05, 0.1) is 24.8 Å². The predicted molar refractivity (Wildman–Crippen MR) is 131 cm³/mol. The van der Waals surface area contributed by atoms with E-state index in [2.05, 4.69) is 5.32 Å². The fraction of sp³-hybridized carbons (Fsp3) is 0.185. The molecule has 4 aromatic rings. The van der Waals surface area contributed by atoms with E-state index in [0.29, 0.717) is 40.3 Å². The molecule has 0 aliphatic heterocycles. The second-order valence-electron chi connectivity index (χ2n) is 7.58. The van der Waals surface area contributed by atoms with Crippen molar-refractivity contribution < 1.29 is 23.4 Å². The molecule has 0 atom stereocenters. The summed E-state index contributed by atoms with van der Waals surface area (Å²) in [6.07, 6.45) is 0. The second kappa shape index (κ2) is 10.1. The van der Waals surface area contributed by atoms with Gasteiger partial charge in [-0.3, -0.25) is 9.59 Å². The van der Waals surface area contributed by atoms with Crippen LogP contribution in [0.1, 0.15) is 12.5 Å². The first kappa shape index (κ1) is 22.9. The molecule has 7 nitrogen and oxygen atoms in total. The molecule has 4 rings (SSSR count). The average molecular weight is 459 g/mol. The van der Waals surface area contributed by atoms with Gasteiger partial charge in [-0.15, -0.1) is 0 Å². The van der Waals surface area contributed by atoms with E-state index in [0.717, 1.165) is 5.56 Å². The largest absolute Gasteiger partial charge is 0.497 e. The Kier molecular flexibility index (Phi) is 6.82. The molecule has 0 saturated carbocycles. The molecule has 3 aromatic carbocycles. The van der Waals surface area contributed by atoms with Gasteiger partial charge >= 0.3 is 0 Å². The van der Waals surface area contributed by atoms with Crippen LogP contribution in [0.15, 0.2) is 75.9 Å². The number of carbonyl (C=O) groups is 1. The van der Waals surface area contributed by atoms with Crippen LogP contribution in [0, 0.1) is 6.92 Å². The van der Waals surface area contributed by atoms with E-state index in [4.69, 9.17) is 18.6 Å². The van der Waals surface area contributed by atoms with Crippen molar-refractivity contribution in [3.63, 3.8) is 0 Å². The number of aryl methyl sites for hydroxylation is 1. The van der Waals surface area contributed by atoms with E-state index >= 15 is 0 Å². The van der Waals surface area contributed by atoms with E-state index in [9.17, 15) is 9.59 Å². The highest BCUT2D eigenvalue weighted by Gasteiger charge is 2.19.